The van der Waals surface area contributed by atoms with Crippen LogP contribution in [0.25, 0.3) is 0 Å². The molecular weight excluding hydrogens is 292 g/mol. The Balaban J connectivity index is 1.49. The average Bonchev–Trinajstić information content (AvgIpc) is 3.38. The molecule has 0 aromatic heterocycles. The van der Waals surface area contributed by atoms with Crippen LogP contribution in [0.4, 0.5) is 0 Å². The number of carbonyl (C=O) groups excluding carboxylic acids is 2. The molecule has 6 heteroatoms. The summed E-state index contributed by atoms with van der Waals surface area (Å²) in [6.45, 7) is 4.82. The van der Waals surface area contributed by atoms with Crippen molar-refractivity contribution in [2.45, 2.75) is 69.5 Å². The van der Waals surface area contributed by atoms with Gasteiger partial charge in [0.15, 0.2) is 0 Å². The molecule has 3 rings (SSSR count). The summed E-state index contributed by atoms with van der Waals surface area (Å²) in [5, 5.41) is 3.06. The predicted molar refractivity (Wildman–Crippen MR) is 88.8 cm³/mol. The van der Waals surface area contributed by atoms with Gasteiger partial charge in [0, 0.05) is 32.2 Å². The van der Waals surface area contributed by atoms with E-state index in [-0.39, 0.29) is 17.9 Å². The lowest BCUT2D eigenvalue weighted by Crippen LogP contribution is -2.61. The summed E-state index contributed by atoms with van der Waals surface area (Å²) in [6, 6.07) is 0.283. The van der Waals surface area contributed by atoms with Gasteiger partial charge in [-0.15, -0.1) is 0 Å². The topological polar surface area (TPSA) is 78.7 Å². The fourth-order valence-corrected chi connectivity index (χ4v) is 3.74. The van der Waals surface area contributed by atoms with Crippen molar-refractivity contribution in [3.05, 3.63) is 0 Å². The van der Waals surface area contributed by atoms with Gasteiger partial charge >= 0.3 is 0 Å². The van der Waals surface area contributed by atoms with Crippen LogP contribution in [0.5, 0.6) is 0 Å². The second kappa shape index (κ2) is 6.77. The van der Waals surface area contributed by atoms with E-state index in [1.165, 1.54) is 6.42 Å². The molecule has 1 atom stereocenters. The lowest BCUT2D eigenvalue weighted by Gasteiger charge is -2.42. The van der Waals surface area contributed by atoms with Crippen LogP contribution in [0.3, 0.4) is 0 Å². The minimum atomic E-state index is -0.643. The molecule has 130 valence electrons. The van der Waals surface area contributed by atoms with Gasteiger partial charge in [0.1, 0.15) is 0 Å². The maximum absolute atomic E-state index is 12.7. The summed E-state index contributed by atoms with van der Waals surface area (Å²) in [7, 11) is 0. The zero-order chi connectivity index (χ0) is 16.4. The van der Waals surface area contributed by atoms with Gasteiger partial charge < -0.3 is 16.0 Å². The first-order valence-corrected chi connectivity index (χ1v) is 9.12. The molecule has 2 saturated carbocycles. The molecule has 23 heavy (non-hydrogen) atoms. The average molecular weight is 322 g/mol. The van der Waals surface area contributed by atoms with Crippen LogP contribution in [0, 0.1) is 0 Å². The highest BCUT2D eigenvalue weighted by Crippen LogP contribution is 2.28. The lowest BCUT2D eigenvalue weighted by molar-refractivity contribution is -0.140. The molecule has 3 fully saturated rings. The summed E-state index contributed by atoms with van der Waals surface area (Å²) in [5.41, 5.74) is 5.73. The Bertz CT molecular complexity index is 450. The normalized spacial score (nSPS) is 26.6. The van der Waals surface area contributed by atoms with Crippen LogP contribution < -0.4 is 11.1 Å². The molecule has 6 nitrogen and oxygen atoms in total. The van der Waals surface area contributed by atoms with E-state index >= 15 is 0 Å². The Morgan fingerprint density at radius 1 is 1.09 bits per heavy atom. The SMILES string of the molecule is CC(C(=O)NC1CC1)N1CCN(C(=O)C2(N)CCCCC2)CC1. The van der Waals surface area contributed by atoms with Gasteiger partial charge in [-0.25, -0.2) is 0 Å². The molecule has 3 N–H and O–H groups in total. The van der Waals surface area contributed by atoms with Crippen molar-refractivity contribution < 1.29 is 9.59 Å². The minimum absolute atomic E-state index is 0.116. The molecule has 1 heterocycles. The van der Waals surface area contributed by atoms with E-state index in [0.29, 0.717) is 19.1 Å². The zero-order valence-corrected chi connectivity index (χ0v) is 14.2. The maximum atomic E-state index is 12.7. The first kappa shape index (κ1) is 16.7. The number of amides is 2. The molecule has 2 amide bonds. The first-order valence-electron chi connectivity index (χ1n) is 9.12. The molecule has 2 aliphatic carbocycles. The van der Waals surface area contributed by atoms with Crippen LogP contribution in [0.1, 0.15) is 51.9 Å². The summed E-state index contributed by atoms with van der Waals surface area (Å²) in [6.07, 6.45) is 7.14. The molecule has 3 aliphatic rings. The van der Waals surface area contributed by atoms with E-state index in [1.54, 1.807) is 0 Å². The Labute approximate surface area is 138 Å². The van der Waals surface area contributed by atoms with Crippen molar-refractivity contribution in [1.29, 1.82) is 0 Å². The second-order valence-corrected chi connectivity index (χ2v) is 7.50. The van der Waals surface area contributed by atoms with Crippen molar-refractivity contribution in [3.63, 3.8) is 0 Å². The first-order chi connectivity index (χ1) is 11.0. The van der Waals surface area contributed by atoms with Gasteiger partial charge in [-0.2, -0.15) is 0 Å². The molecule has 0 aromatic rings. The molecular formula is C17H30N4O2. The minimum Gasteiger partial charge on any atom is -0.352 e. The van der Waals surface area contributed by atoms with Crippen LogP contribution in [-0.2, 0) is 9.59 Å². The summed E-state index contributed by atoms with van der Waals surface area (Å²) < 4.78 is 0. The number of piperazine rings is 1. The maximum Gasteiger partial charge on any atom is 0.242 e. The lowest BCUT2D eigenvalue weighted by atomic mass is 9.81. The molecule has 0 spiro atoms. The van der Waals surface area contributed by atoms with E-state index in [1.807, 2.05) is 11.8 Å². The van der Waals surface area contributed by atoms with Crippen LogP contribution in [-0.4, -0.2) is 65.4 Å². The molecule has 0 radical (unpaired) electrons. The predicted octanol–water partition coefficient (Wildman–Crippen LogP) is 0.459. The fourth-order valence-electron chi connectivity index (χ4n) is 3.74. The van der Waals surface area contributed by atoms with Gasteiger partial charge in [-0.1, -0.05) is 19.3 Å². The number of hydrogen-bond donors (Lipinski definition) is 2. The Morgan fingerprint density at radius 2 is 1.70 bits per heavy atom. The number of nitrogens with zero attached hydrogens (tertiary/aromatic N) is 2. The van der Waals surface area contributed by atoms with Gasteiger partial charge in [0.2, 0.25) is 11.8 Å². The van der Waals surface area contributed by atoms with Crippen molar-refractivity contribution in [3.8, 4) is 0 Å². The summed E-state index contributed by atoms with van der Waals surface area (Å²) in [5.74, 6) is 0.238. The molecule has 1 aliphatic heterocycles. The van der Waals surface area contributed by atoms with Crippen LogP contribution >= 0.6 is 0 Å². The number of hydrogen-bond acceptors (Lipinski definition) is 4. The largest absolute Gasteiger partial charge is 0.352 e. The zero-order valence-electron chi connectivity index (χ0n) is 14.2. The van der Waals surface area contributed by atoms with E-state index in [4.69, 9.17) is 5.73 Å². The Hall–Kier alpha value is -1.14. The number of nitrogens with one attached hydrogen (secondary N) is 1. The number of nitrogens with two attached hydrogens (primary N) is 1. The number of rotatable bonds is 4. The van der Waals surface area contributed by atoms with E-state index in [9.17, 15) is 9.59 Å². The second-order valence-electron chi connectivity index (χ2n) is 7.50. The monoisotopic (exact) mass is 322 g/mol. The Kier molecular flexibility index (Phi) is 4.92. The van der Waals surface area contributed by atoms with Crippen molar-refractivity contribution in [2.24, 2.45) is 5.73 Å². The van der Waals surface area contributed by atoms with Crippen molar-refractivity contribution in [2.75, 3.05) is 26.2 Å². The van der Waals surface area contributed by atoms with Gasteiger partial charge in [-0.3, -0.25) is 14.5 Å². The van der Waals surface area contributed by atoms with Gasteiger partial charge in [-0.05, 0) is 32.6 Å². The van der Waals surface area contributed by atoms with Crippen molar-refractivity contribution >= 4 is 11.8 Å². The van der Waals surface area contributed by atoms with Crippen LogP contribution in [0.15, 0.2) is 0 Å². The quantitative estimate of drug-likeness (QED) is 0.788. The van der Waals surface area contributed by atoms with Crippen molar-refractivity contribution in [1.82, 2.24) is 15.1 Å². The molecule has 0 aromatic carbocycles. The van der Waals surface area contributed by atoms with E-state index in [0.717, 1.165) is 51.6 Å². The van der Waals surface area contributed by atoms with E-state index < -0.39 is 5.54 Å². The van der Waals surface area contributed by atoms with Gasteiger partial charge in [0.05, 0.1) is 11.6 Å². The van der Waals surface area contributed by atoms with Gasteiger partial charge in [0.25, 0.3) is 0 Å². The third-order valence-corrected chi connectivity index (χ3v) is 5.62. The Morgan fingerprint density at radius 3 is 2.26 bits per heavy atom. The molecule has 1 unspecified atom stereocenters. The third kappa shape index (κ3) is 3.86. The number of carbonyl (C=O) groups is 2. The third-order valence-electron chi connectivity index (χ3n) is 5.62. The fraction of sp³-hybridized carbons (Fsp3) is 0.882. The van der Waals surface area contributed by atoms with E-state index in [2.05, 4.69) is 10.2 Å². The van der Waals surface area contributed by atoms with Crippen LogP contribution in [0.2, 0.25) is 0 Å². The summed E-state index contributed by atoms with van der Waals surface area (Å²) in [4.78, 5) is 29.0. The highest BCUT2D eigenvalue weighted by molar-refractivity contribution is 5.86. The highest BCUT2D eigenvalue weighted by Gasteiger charge is 2.40. The summed E-state index contributed by atoms with van der Waals surface area (Å²) >= 11 is 0. The highest BCUT2D eigenvalue weighted by atomic mass is 16.2. The molecule has 0 bridgehead atoms. The standard InChI is InChI=1S/C17H30N4O2/c1-13(15(22)19-14-5-6-14)20-9-11-21(12-10-20)16(23)17(18)7-3-2-4-8-17/h13-14H,2-12,18H2,1H3,(H,19,22). The molecule has 1 saturated heterocycles. The smallest absolute Gasteiger partial charge is 0.242 e.